The predicted molar refractivity (Wildman–Crippen MR) is 187 cm³/mol. The number of sulfone groups is 2. The molecule has 8 nitrogen and oxygen atoms in total. The summed E-state index contributed by atoms with van der Waals surface area (Å²) in [5.74, 6) is 1.42. The fraction of sp³-hybridized carbons (Fsp3) is 0.316. The van der Waals surface area contributed by atoms with Gasteiger partial charge < -0.3 is 18.9 Å². The maximum atomic E-state index is 13.7. The highest BCUT2D eigenvalue weighted by atomic mass is 32.2. The van der Waals surface area contributed by atoms with Crippen LogP contribution >= 0.6 is 0 Å². The number of rotatable bonds is 18. The lowest BCUT2D eigenvalue weighted by Gasteiger charge is -2.20. The largest absolute Gasteiger partial charge is 0.491 e. The molecule has 0 aliphatic carbocycles. The van der Waals surface area contributed by atoms with E-state index in [9.17, 15) is 16.8 Å². The van der Waals surface area contributed by atoms with Gasteiger partial charge in [0.15, 0.2) is 6.10 Å². The highest BCUT2D eigenvalue weighted by Crippen LogP contribution is 2.33. The van der Waals surface area contributed by atoms with Gasteiger partial charge in [0.25, 0.3) is 0 Å². The zero-order valence-electron chi connectivity index (χ0n) is 27.9. The Bertz CT molecular complexity index is 1850. The zero-order chi connectivity index (χ0) is 34.7. The Kier molecular flexibility index (Phi) is 12.7. The molecule has 0 aliphatic rings. The van der Waals surface area contributed by atoms with Crippen LogP contribution in [0.3, 0.4) is 0 Å². The molecule has 0 aliphatic heterocycles. The van der Waals surface area contributed by atoms with Gasteiger partial charge in [0.2, 0.25) is 19.7 Å². The second-order valence-electron chi connectivity index (χ2n) is 11.5. The monoisotopic (exact) mass is 692 g/mol. The van der Waals surface area contributed by atoms with Crippen LogP contribution in [0.1, 0.15) is 53.4 Å². The molecule has 10 heteroatoms. The van der Waals surface area contributed by atoms with E-state index < -0.39 is 25.8 Å². The van der Waals surface area contributed by atoms with E-state index in [1.54, 1.807) is 60.7 Å². The lowest BCUT2D eigenvalue weighted by atomic mass is 10.2. The first kappa shape index (κ1) is 36.6. The minimum Gasteiger partial charge on any atom is -0.491 e. The smallest absolute Gasteiger partial charge is 0.210 e. The minimum absolute atomic E-state index is 0.0136. The fourth-order valence-corrected chi connectivity index (χ4v) is 7.88. The summed E-state index contributed by atoms with van der Waals surface area (Å²) >= 11 is 0. The molecule has 3 unspecified atom stereocenters. The maximum absolute atomic E-state index is 13.7. The molecule has 0 N–H and O–H groups in total. The van der Waals surface area contributed by atoms with Crippen molar-refractivity contribution in [1.29, 1.82) is 0 Å². The quantitative estimate of drug-likeness (QED) is 0.0957. The fourth-order valence-electron chi connectivity index (χ4n) is 5.09. The maximum Gasteiger partial charge on any atom is 0.210 e. The summed E-state index contributed by atoms with van der Waals surface area (Å²) in [5.41, 5.74) is 0. The number of benzene rings is 4. The van der Waals surface area contributed by atoms with Crippen molar-refractivity contribution in [3.63, 3.8) is 0 Å². The first-order valence-corrected chi connectivity index (χ1v) is 19.1. The lowest BCUT2D eigenvalue weighted by molar-refractivity contribution is 0.158. The zero-order valence-corrected chi connectivity index (χ0v) is 29.5. The van der Waals surface area contributed by atoms with Crippen molar-refractivity contribution in [2.75, 3.05) is 6.61 Å². The van der Waals surface area contributed by atoms with Crippen LogP contribution in [0, 0.1) is 0 Å². The predicted octanol–water partition coefficient (Wildman–Crippen LogP) is 8.50. The molecule has 0 heterocycles. The topological polar surface area (TPSA) is 105 Å². The van der Waals surface area contributed by atoms with Crippen LogP contribution in [0.2, 0.25) is 0 Å². The van der Waals surface area contributed by atoms with E-state index in [0.717, 1.165) is 25.7 Å². The van der Waals surface area contributed by atoms with Gasteiger partial charge in [-0.1, -0.05) is 57.5 Å². The highest BCUT2D eigenvalue weighted by molar-refractivity contribution is 7.92. The summed E-state index contributed by atoms with van der Waals surface area (Å²) in [4.78, 5) is 0.152. The van der Waals surface area contributed by atoms with Crippen LogP contribution in [0.25, 0.3) is 0 Å². The Morgan fingerprint density at radius 1 is 0.604 bits per heavy atom. The van der Waals surface area contributed by atoms with Crippen molar-refractivity contribution in [3.05, 3.63) is 110 Å². The molecule has 4 aromatic carbocycles. The summed E-state index contributed by atoms with van der Waals surface area (Å²) in [6, 6.07) is 25.3. The van der Waals surface area contributed by atoms with E-state index in [0.29, 0.717) is 11.5 Å². The first-order valence-electron chi connectivity index (χ1n) is 16.1. The number of hydrogen-bond donors (Lipinski definition) is 0. The van der Waals surface area contributed by atoms with Crippen molar-refractivity contribution in [1.82, 2.24) is 0 Å². The van der Waals surface area contributed by atoms with Crippen LogP contribution in [0.4, 0.5) is 0 Å². The average molecular weight is 693 g/mol. The van der Waals surface area contributed by atoms with Crippen molar-refractivity contribution in [2.24, 2.45) is 0 Å². The van der Waals surface area contributed by atoms with Crippen molar-refractivity contribution in [2.45, 2.75) is 91.3 Å². The van der Waals surface area contributed by atoms with E-state index in [1.165, 1.54) is 42.5 Å². The van der Waals surface area contributed by atoms with Gasteiger partial charge in [-0.2, -0.15) is 0 Å². The molecule has 48 heavy (non-hydrogen) atoms. The molecule has 0 radical (unpaired) electrons. The van der Waals surface area contributed by atoms with E-state index in [1.807, 2.05) is 13.8 Å². The van der Waals surface area contributed by atoms with Crippen LogP contribution in [-0.2, 0) is 19.7 Å². The third-order valence-corrected chi connectivity index (χ3v) is 11.2. The number of para-hydroxylation sites is 2. The van der Waals surface area contributed by atoms with E-state index in [2.05, 4.69) is 20.4 Å². The molecule has 0 spiro atoms. The van der Waals surface area contributed by atoms with Gasteiger partial charge in [-0.3, -0.25) is 0 Å². The molecule has 0 bridgehead atoms. The second-order valence-corrected chi connectivity index (χ2v) is 15.3. The first-order chi connectivity index (χ1) is 23.0. The molecule has 4 rings (SSSR count). The molecule has 4 aromatic rings. The minimum atomic E-state index is -3.96. The standard InChI is InChI=1S/C38H44O8S2/c1-6-13-28(4)44-31-19-23-33(24-20-31)47(39,40)37-17-11-9-15-35(37)43-27-30(8-3)46-36-16-10-12-18-38(36)48(41,42)34-25-21-32(22-26-34)45-29(5)14-7-2/h8-12,15-26,28-30H,3,6-7,13-14,27H2,1-2,4-5H3. The lowest BCUT2D eigenvalue weighted by Crippen LogP contribution is -2.23. The summed E-state index contributed by atoms with van der Waals surface area (Å²) in [6.45, 7) is 11.8. The Hall–Kier alpha value is -4.28. The summed E-state index contributed by atoms with van der Waals surface area (Å²) < 4.78 is 78.5. The normalized spacial score (nSPS) is 13.6. The summed E-state index contributed by atoms with van der Waals surface area (Å²) in [7, 11) is -7.90. The second kappa shape index (κ2) is 16.7. The van der Waals surface area contributed by atoms with Gasteiger partial charge in [0, 0.05) is 0 Å². The van der Waals surface area contributed by atoms with Crippen LogP contribution in [-0.4, -0.2) is 41.8 Å². The molecule has 0 amide bonds. The van der Waals surface area contributed by atoms with Crippen LogP contribution in [0.5, 0.6) is 23.0 Å². The molecule has 3 atom stereocenters. The Labute approximate surface area is 285 Å². The summed E-state index contributed by atoms with van der Waals surface area (Å²) in [5, 5.41) is 0. The summed E-state index contributed by atoms with van der Waals surface area (Å²) in [6.07, 6.45) is 4.45. The van der Waals surface area contributed by atoms with Crippen molar-refractivity contribution < 1.29 is 35.8 Å². The molecule has 0 aromatic heterocycles. The van der Waals surface area contributed by atoms with Gasteiger partial charge in [0.1, 0.15) is 39.4 Å². The van der Waals surface area contributed by atoms with Gasteiger partial charge in [-0.15, -0.1) is 0 Å². The number of hydrogen-bond acceptors (Lipinski definition) is 8. The SMILES string of the molecule is C=CC(COc1ccccc1S(=O)(=O)c1ccc(OC(C)CCC)cc1)Oc1ccccc1S(=O)(=O)c1ccc(OC(C)CCC)cc1. The molecular formula is C38H44O8S2. The Morgan fingerprint density at radius 2 is 1.02 bits per heavy atom. The van der Waals surface area contributed by atoms with E-state index >= 15 is 0 Å². The third-order valence-electron chi connectivity index (χ3n) is 7.55. The highest BCUT2D eigenvalue weighted by Gasteiger charge is 2.25. The third kappa shape index (κ3) is 9.20. The van der Waals surface area contributed by atoms with Crippen molar-refractivity contribution >= 4 is 19.7 Å². The average Bonchev–Trinajstić information content (AvgIpc) is 3.07. The molecular weight excluding hydrogens is 649 g/mol. The van der Waals surface area contributed by atoms with Crippen LogP contribution < -0.4 is 18.9 Å². The Balaban J connectivity index is 1.49. The van der Waals surface area contributed by atoms with Gasteiger partial charge in [-0.25, -0.2) is 16.8 Å². The van der Waals surface area contributed by atoms with Crippen LogP contribution in [0.15, 0.2) is 129 Å². The Morgan fingerprint density at radius 3 is 1.46 bits per heavy atom. The van der Waals surface area contributed by atoms with E-state index in [-0.39, 0.29) is 49.9 Å². The van der Waals surface area contributed by atoms with Gasteiger partial charge in [0.05, 0.1) is 22.0 Å². The van der Waals surface area contributed by atoms with E-state index in [4.69, 9.17) is 18.9 Å². The van der Waals surface area contributed by atoms with Gasteiger partial charge in [-0.05, 0) is 106 Å². The molecule has 0 saturated carbocycles. The molecule has 0 saturated heterocycles. The molecule has 256 valence electrons. The molecule has 0 fully saturated rings. The van der Waals surface area contributed by atoms with Crippen molar-refractivity contribution in [3.8, 4) is 23.0 Å². The van der Waals surface area contributed by atoms with Gasteiger partial charge >= 0.3 is 0 Å². The number of ether oxygens (including phenoxy) is 4.